The van der Waals surface area contributed by atoms with Gasteiger partial charge >= 0.3 is 5.97 Å². The number of fused-ring (bicyclic) bond motifs is 1. The fraction of sp³-hybridized carbons (Fsp3) is 0.308. The maximum atomic E-state index is 11.1. The van der Waals surface area contributed by atoms with E-state index in [2.05, 4.69) is 0 Å². The number of benzene rings is 1. The number of furan rings is 1. The molecule has 0 aliphatic carbocycles. The standard InChI is InChI=1S/C13H14O4/c1-3-8-5-4-6-9-10(7-16-2)12(13(14)15)17-11(8)9/h4-6H,3,7H2,1-2H3,(H,14,15). The summed E-state index contributed by atoms with van der Waals surface area (Å²) in [5.74, 6) is -1.09. The number of carboxylic acids is 1. The quantitative estimate of drug-likeness (QED) is 0.883. The van der Waals surface area contributed by atoms with Crippen molar-refractivity contribution >= 4 is 16.9 Å². The molecule has 0 saturated carbocycles. The fourth-order valence-corrected chi connectivity index (χ4v) is 1.97. The molecule has 1 heterocycles. The number of carboxylic acid groups (broad SMARTS) is 1. The lowest BCUT2D eigenvalue weighted by Gasteiger charge is -1.98. The first kappa shape index (κ1) is 11.7. The van der Waals surface area contributed by atoms with Crippen LogP contribution in [0.3, 0.4) is 0 Å². The summed E-state index contributed by atoms with van der Waals surface area (Å²) in [6.07, 6.45) is 0.802. The SMILES string of the molecule is CCc1cccc2c(COC)c(C(=O)O)oc12. The van der Waals surface area contributed by atoms with Crippen LogP contribution in [0.4, 0.5) is 0 Å². The molecule has 0 amide bonds. The minimum atomic E-state index is -1.06. The Kier molecular flexibility index (Phi) is 3.15. The highest BCUT2D eigenvalue weighted by atomic mass is 16.5. The molecular formula is C13H14O4. The molecular weight excluding hydrogens is 220 g/mol. The van der Waals surface area contributed by atoms with Crippen molar-refractivity contribution in [3.05, 3.63) is 35.1 Å². The summed E-state index contributed by atoms with van der Waals surface area (Å²) < 4.78 is 10.5. The van der Waals surface area contributed by atoms with E-state index in [1.807, 2.05) is 25.1 Å². The van der Waals surface area contributed by atoms with Crippen LogP contribution >= 0.6 is 0 Å². The van der Waals surface area contributed by atoms with Gasteiger partial charge in [0, 0.05) is 18.1 Å². The number of aromatic carboxylic acids is 1. The van der Waals surface area contributed by atoms with Crippen molar-refractivity contribution in [3.8, 4) is 0 Å². The molecule has 2 aromatic rings. The average molecular weight is 234 g/mol. The molecule has 0 aliphatic rings. The Morgan fingerprint density at radius 1 is 1.47 bits per heavy atom. The van der Waals surface area contributed by atoms with E-state index in [-0.39, 0.29) is 12.4 Å². The Hall–Kier alpha value is -1.81. The summed E-state index contributed by atoms with van der Waals surface area (Å²) >= 11 is 0. The van der Waals surface area contributed by atoms with E-state index in [0.717, 1.165) is 17.4 Å². The molecule has 0 bridgehead atoms. The molecule has 4 nitrogen and oxygen atoms in total. The summed E-state index contributed by atoms with van der Waals surface area (Å²) in [6.45, 7) is 2.25. The predicted octanol–water partition coefficient (Wildman–Crippen LogP) is 2.84. The van der Waals surface area contributed by atoms with Crippen LogP contribution in [-0.4, -0.2) is 18.2 Å². The van der Waals surface area contributed by atoms with Crippen LogP contribution in [0.5, 0.6) is 0 Å². The second-order valence-corrected chi connectivity index (χ2v) is 3.80. The highest BCUT2D eigenvalue weighted by molar-refractivity contribution is 5.96. The van der Waals surface area contributed by atoms with E-state index in [4.69, 9.17) is 14.3 Å². The first-order valence-corrected chi connectivity index (χ1v) is 5.44. The number of hydrogen-bond donors (Lipinski definition) is 1. The third-order valence-electron chi connectivity index (χ3n) is 2.76. The second kappa shape index (κ2) is 4.59. The average Bonchev–Trinajstić information content (AvgIpc) is 2.69. The summed E-state index contributed by atoms with van der Waals surface area (Å²) in [7, 11) is 1.54. The first-order chi connectivity index (χ1) is 8.19. The summed E-state index contributed by atoms with van der Waals surface area (Å²) in [6, 6.07) is 5.70. The van der Waals surface area contributed by atoms with E-state index < -0.39 is 5.97 Å². The van der Waals surface area contributed by atoms with Crippen molar-refractivity contribution in [2.24, 2.45) is 0 Å². The lowest BCUT2D eigenvalue weighted by Crippen LogP contribution is -1.99. The molecule has 1 aromatic carbocycles. The topological polar surface area (TPSA) is 59.7 Å². The van der Waals surface area contributed by atoms with Crippen LogP contribution in [0.25, 0.3) is 11.0 Å². The van der Waals surface area contributed by atoms with Gasteiger partial charge in [0.05, 0.1) is 6.61 Å². The van der Waals surface area contributed by atoms with Gasteiger partial charge in [-0.1, -0.05) is 25.1 Å². The van der Waals surface area contributed by atoms with Crippen LogP contribution in [-0.2, 0) is 17.8 Å². The normalized spacial score (nSPS) is 10.9. The van der Waals surface area contributed by atoms with E-state index in [1.54, 1.807) is 0 Å². The summed E-state index contributed by atoms with van der Waals surface area (Å²) in [5, 5.41) is 9.93. The Balaban J connectivity index is 2.74. The number of ether oxygens (including phenoxy) is 1. The molecule has 0 atom stereocenters. The molecule has 0 aliphatic heterocycles. The van der Waals surface area contributed by atoms with E-state index in [9.17, 15) is 4.79 Å². The van der Waals surface area contributed by atoms with Gasteiger partial charge in [-0.25, -0.2) is 4.79 Å². The molecule has 4 heteroatoms. The van der Waals surface area contributed by atoms with Crippen LogP contribution in [0, 0.1) is 0 Å². The molecule has 1 aromatic heterocycles. The maximum Gasteiger partial charge on any atom is 0.372 e. The van der Waals surface area contributed by atoms with Gasteiger partial charge in [0.1, 0.15) is 5.58 Å². The van der Waals surface area contributed by atoms with Crippen molar-refractivity contribution in [2.45, 2.75) is 20.0 Å². The number of para-hydroxylation sites is 1. The zero-order valence-electron chi connectivity index (χ0n) is 9.82. The number of hydrogen-bond acceptors (Lipinski definition) is 3. The molecule has 2 rings (SSSR count). The van der Waals surface area contributed by atoms with Gasteiger partial charge in [-0.2, -0.15) is 0 Å². The van der Waals surface area contributed by atoms with E-state index in [1.165, 1.54) is 7.11 Å². The minimum absolute atomic E-state index is 0.0252. The van der Waals surface area contributed by atoms with Crippen LogP contribution in [0.1, 0.15) is 28.6 Å². The third-order valence-corrected chi connectivity index (χ3v) is 2.76. The number of methoxy groups -OCH3 is 1. The van der Waals surface area contributed by atoms with Gasteiger partial charge in [-0.3, -0.25) is 0 Å². The molecule has 0 spiro atoms. The number of carbonyl (C=O) groups is 1. The van der Waals surface area contributed by atoms with Gasteiger partial charge in [-0.15, -0.1) is 0 Å². The van der Waals surface area contributed by atoms with Crippen molar-refractivity contribution < 1.29 is 19.1 Å². The number of aryl methyl sites for hydroxylation is 1. The van der Waals surface area contributed by atoms with Gasteiger partial charge in [0.25, 0.3) is 0 Å². The van der Waals surface area contributed by atoms with Crippen LogP contribution < -0.4 is 0 Å². The summed E-state index contributed by atoms with van der Waals surface area (Å²) in [4.78, 5) is 11.1. The highest BCUT2D eigenvalue weighted by Crippen LogP contribution is 2.29. The molecule has 17 heavy (non-hydrogen) atoms. The largest absolute Gasteiger partial charge is 0.475 e. The Bertz CT molecular complexity index is 554. The summed E-state index contributed by atoms with van der Waals surface area (Å²) in [5.41, 5.74) is 2.26. The van der Waals surface area contributed by atoms with E-state index >= 15 is 0 Å². The van der Waals surface area contributed by atoms with Crippen LogP contribution in [0.15, 0.2) is 22.6 Å². The zero-order chi connectivity index (χ0) is 12.4. The third kappa shape index (κ3) is 1.91. The van der Waals surface area contributed by atoms with Crippen LogP contribution in [0.2, 0.25) is 0 Å². The zero-order valence-corrected chi connectivity index (χ0v) is 9.82. The Morgan fingerprint density at radius 2 is 2.24 bits per heavy atom. The molecule has 1 N–H and O–H groups in total. The van der Waals surface area contributed by atoms with E-state index in [0.29, 0.717) is 11.1 Å². The minimum Gasteiger partial charge on any atom is -0.475 e. The van der Waals surface area contributed by atoms with Crippen molar-refractivity contribution in [2.75, 3.05) is 7.11 Å². The van der Waals surface area contributed by atoms with Crippen molar-refractivity contribution in [3.63, 3.8) is 0 Å². The lowest BCUT2D eigenvalue weighted by molar-refractivity contribution is 0.0658. The molecule has 0 unspecified atom stereocenters. The predicted molar refractivity (Wildman–Crippen MR) is 63.3 cm³/mol. The first-order valence-electron chi connectivity index (χ1n) is 5.44. The van der Waals surface area contributed by atoms with Gasteiger partial charge in [0.2, 0.25) is 5.76 Å². The Morgan fingerprint density at radius 3 is 2.82 bits per heavy atom. The smallest absolute Gasteiger partial charge is 0.372 e. The monoisotopic (exact) mass is 234 g/mol. The van der Waals surface area contributed by atoms with Gasteiger partial charge in [0.15, 0.2) is 0 Å². The molecule has 90 valence electrons. The number of rotatable bonds is 4. The second-order valence-electron chi connectivity index (χ2n) is 3.80. The molecule has 0 fully saturated rings. The Labute approximate surface area is 98.8 Å². The lowest BCUT2D eigenvalue weighted by atomic mass is 10.1. The van der Waals surface area contributed by atoms with Crippen molar-refractivity contribution in [1.82, 2.24) is 0 Å². The maximum absolute atomic E-state index is 11.1. The molecule has 0 radical (unpaired) electrons. The fourth-order valence-electron chi connectivity index (χ4n) is 1.97. The van der Waals surface area contributed by atoms with Gasteiger partial charge < -0.3 is 14.3 Å². The van der Waals surface area contributed by atoms with Gasteiger partial charge in [-0.05, 0) is 12.0 Å². The highest BCUT2D eigenvalue weighted by Gasteiger charge is 2.20. The molecule has 0 saturated heterocycles. The van der Waals surface area contributed by atoms with Crippen molar-refractivity contribution in [1.29, 1.82) is 0 Å².